The van der Waals surface area contributed by atoms with Crippen LogP contribution in [0.15, 0.2) is 224 Å². The van der Waals surface area contributed by atoms with Crippen LogP contribution in [0.25, 0.3) is 66.0 Å². The van der Waals surface area contributed by atoms with E-state index in [-0.39, 0.29) is 0 Å². The number of para-hydroxylation sites is 6. The summed E-state index contributed by atoms with van der Waals surface area (Å²) in [6.07, 6.45) is 0. The van der Waals surface area contributed by atoms with Gasteiger partial charge in [-0.3, -0.25) is 9.47 Å². The van der Waals surface area contributed by atoms with E-state index >= 15 is 0 Å². The van der Waals surface area contributed by atoms with E-state index in [2.05, 4.69) is 243 Å². The summed E-state index contributed by atoms with van der Waals surface area (Å²) < 4.78 is 7.35. The molecule has 0 bridgehead atoms. The molecule has 1 aliphatic heterocycles. The number of fused-ring (bicyclic) bond motifs is 10. The van der Waals surface area contributed by atoms with Gasteiger partial charge in [-0.25, -0.2) is 4.98 Å². The van der Waals surface area contributed by atoms with Crippen LogP contribution in [0.3, 0.4) is 0 Å². The van der Waals surface area contributed by atoms with Gasteiger partial charge in [-0.05, 0) is 83.9 Å². The van der Waals surface area contributed by atoms with Crippen molar-refractivity contribution >= 4 is 72.0 Å². The summed E-state index contributed by atoms with van der Waals surface area (Å²) in [4.78, 5) is 7.88. The maximum Gasteiger partial charge on any atom is 0.217 e. The highest BCUT2D eigenvalue weighted by Crippen LogP contribution is 2.55. The number of benzene rings is 9. The van der Waals surface area contributed by atoms with Crippen molar-refractivity contribution in [1.29, 1.82) is 0 Å². The minimum Gasteiger partial charge on any atom is -0.309 e. The molecule has 0 fully saturated rings. The number of hydrogen-bond acceptors (Lipinski definition) is 2. The molecule has 12 aromatic rings. The van der Waals surface area contributed by atoms with Gasteiger partial charge in [-0.1, -0.05) is 152 Å². The largest absolute Gasteiger partial charge is 0.309 e. The highest BCUT2D eigenvalue weighted by Gasteiger charge is 2.48. The van der Waals surface area contributed by atoms with Gasteiger partial charge in [-0.15, -0.1) is 0 Å². The van der Waals surface area contributed by atoms with E-state index in [0.29, 0.717) is 0 Å². The van der Waals surface area contributed by atoms with Gasteiger partial charge in [0.25, 0.3) is 0 Å². The molecule has 5 heteroatoms. The molecule has 4 heterocycles. The third-order valence-corrected chi connectivity index (χ3v) is 12.8. The zero-order chi connectivity index (χ0) is 40.1. The Balaban J connectivity index is 1.16. The molecule has 0 spiro atoms. The summed E-state index contributed by atoms with van der Waals surface area (Å²) in [5.41, 5.74) is 13.8. The van der Waals surface area contributed by atoms with E-state index in [1.54, 1.807) is 0 Å². The third-order valence-electron chi connectivity index (χ3n) is 12.8. The molecule has 0 N–H and O–H groups in total. The molecule has 0 atom stereocenters. The molecule has 286 valence electrons. The molecular formula is C56H37N5. The Morgan fingerprint density at radius 1 is 0.344 bits per heavy atom. The Morgan fingerprint density at radius 3 is 1.41 bits per heavy atom. The summed E-state index contributed by atoms with van der Waals surface area (Å²) in [6.45, 7) is 0. The Labute approximate surface area is 352 Å². The van der Waals surface area contributed by atoms with Gasteiger partial charge >= 0.3 is 0 Å². The lowest BCUT2D eigenvalue weighted by atomic mass is 9.74. The molecule has 0 aliphatic carbocycles. The van der Waals surface area contributed by atoms with Gasteiger partial charge in [0.15, 0.2) is 0 Å². The monoisotopic (exact) mass is 779 g/mol. The second-order valence-corrected chi connectivity index (χ2v) is 16.0. The predicted octanol–water partition coefficient (Wildman–Crippen LogP) is 13.9. The molecule has 5 nitrogen and oxygen atoms in total. The summed E-state index contributed by atoms with van der Waals surface area (Å²) in [6, 6.07) is 81.4. The Hall–Kier alpha value is -8.15. The number of anilines is 3. The van der Waals surface area contributed by atoms with Gasteiger partial charge < -0.3 is 9.13 Å². The normalized spacial score (nSPS) is 13.3. The van der Waals surface area contributed by atoms with Gasteiger partial charge in [0.2, 0.25) is 5.95 Å². The molecule has 0 saturated heterocycles. The Bertz CT molecular complexity index is 3600. The molecule has 0 radical (unpaired) electrons. The van der Waals surface area contributed by atoms with Crippen molar-refractivity contribution in [2.75, 3.05) is 4.90 Å². The standard InChI is InChI=1S/C56H37N5/c1-5-19-38(20-6-1)56(39-21-7-2-8-22-39)47-34-33-42(35-54(47)60(41-25-11-4-12-26-41)55-57-48-29-15-18-32-51(48)61(55)56)59-50-31-17-14-28-44(50)46-36-52-45(37-53(46)59)43-27-13-16-30-49(43)58(52)40-23-9-3-10-24-40/h1-37H. The van der Waals surface area contributed by atoms with Crippen molar-refractivity contribution in [2.24, 2.45) is 0 Å². The minimum atomic E-state index is -0.751. The van der Waals surface area contributed by atoms with Crippen molar-refractivity contribution in [2.45, 2.75) is 5.54 Å². The first-order chi connectivity index (χ1) is 30.3. The van der Waals surface area contributed by atoms with Crippen molar-refractivity contribution < 1.29 is 0 Å². The fraction of sp³-hybridized carbons (Fsp3) is 0.0179. The van der Waals surface area contributed by atoms with E-state index in [1.165, 1.54) is 49.3 Å². The first-order valence-electron chi connectivity index (χ1n) is 20.9. The molecular weight excluding hydrogens is 743 g/mol. The quantitative estimate of drug-likeness (QED) is 0.174. The summed E-state index contributed by atoms with van der Waals surface area (Å²) in [5.74, 6) is 0.863. The number of nitrogens with zero attached hydrogens (tertiary/aromatic N) is 5. The first-order valence-corrected chi connectivity index (χ1v) is 20.9. The fourth-order valence-electron chi connectivity index (χ4n) is 10.4. The van der Waals surface area contributed by atoms with E-state index in [0.717, 1.165) is 50.8 Å². The van der Waals surface area contributed by atoms with Crippen LogP contribution in [0, 0.1) is 0 Å². The van der Waals surface area contributed by atoms with Crippen LogP contribution < -0.4 is 4.90 Å². The topological polar surface area (TPSA) is 30.9 Å². The molecule has 0 saturated carbocycles. The second kappa shape index (κ2) is 12.9. The molecule has 13 rings (SSSR count). The molecule has 61 heavy (non-hydrogen) atoms. The van der Waals surface area contributed by atoms with E-state index < -0.39 is 5.54 Å². The van der Waals surface area contributed by atoms with E-state index in [9.17, 15) is 0 Å². The lowest BCUT2D eigenvalue weighted by Gasteiger charge is -2.46. The van der Waals surface area contributed by atoms with E-state index in [4.69, 9.17) is 4.98 Å². The zero-order valence-electron chi connectivity index (χ0n) is 33.1. The van der Waals surface area contributed by atoms with E-state index in [1.807, 2.05) is 0 Å². The molecule has 9 aromatic carbocycles. The minimum absolute atomic E-state index is 0.751. The third kappa shape index (κ3) is 4.68. The van der Waals surface area contributed by atoms with Crippen LogP contribution in [0.5, 0.6) is 0 Å². The van der Waals surface area contributed by atoms with Crippen molar-refractivity contribution in [3.8, 4) is 11.4 Å². The van der Waals surface area contributed by atoms with Gasteiger partial charge in [0.05, 0.1) is 38.8 Å². The van der Waals surface area contributed by atoms with Crippen molar-refractivity contribution in [3.63, 3.8) is 0 Å². The SMILES string of the molecule is c1ccc(N2c3cc(-n4c5ccccc5c5cc6c(cc54)c4ccccc4n6-c4ccccc4)ccc3C(c3ccccc3)(c3ccccc3)n3c2nc2ccccc23)cc1. The summed E-state index contributed by atoms with van der Waals surface area (Å²) in [7, 11) is 0. The zero-order valence-corrected chi connectivity index (χ0v) is 33.1. The molecule has 0 amide bonds. The predicted molar refractivity (Wildman–Crippen MR) is 251 cm³/mol. The highest BCUT2D eigenvalue weighted by molar-refractivity contribution is 6.19. The average molecular weight is 780 g/mol. The number of aromatic nitrogens is 4. The van der Waals surface area contributed by atoms with Crippen LogP contribution >= 0.6 is 0 Å². The number of imidazole rings is 1. The lowest BCUT2D eigenvalue weighted by Crippen LogP contribution is -2.43. The number of rotatable bonds is 5. The maximum atomic E-state index is 5.52. The maximum absolute atomic E-state index is 5.52. The first kappa shape index (κ1) is 33.8. The van der Waals surface area contributed by atoms with Gasteiger partial charge in [0, 0.05) is 44.2 Å². The average Bonchev–Trinajstić information content (AvgIpc) is 3.99. The molecule has 3 aromatic heterocycles. The second-order valence-electron chi connectivity index (χ2n) is 16.0. The smallest absolute Gasteiger partial charge is 0.217 e. The summed E-state index contributed by atoms with van der Waals surface area (Å²) in [5, 5.41) is 4.88. The molecule has 1 aliphatic rings. The van der Waals surface area contributed by atoms with Crippen LogP contribution in [0.1, 0.15) is 16.7 Å². The van der Waals surface area contributed by atoms with Crippen molar-refractivity contribution in [1.82, 2.24) is 18.7 Å². The van der Waals surface area contributed by atoms with Crippen LogP contribution in [0.4, 0.5) is 17.3 Å². The lowest BCUT2D eigenvalue weighted by molar-refractivity contribution is 0.520. The highest BCUT2D eigenvalue weighted by atomic mass is 15.4. The molecule has 0 unspecified atom stereocenters. The van der Waals surface area contributed by atoms with Crippen LogP contribution in [0.2, 0.25) is 0 Å². The summed E-state index contributed by atoms with van der Waals surface area (Å²) >= 11 is 0. The number of hydrogen-bond donors (Lipinski definition) is 0. The van der Waals surface area contributed by atoms with Crippen molar-refractivity contribution in [3.05, 3.63) is 241 Å². The van der Waals surface area contributed by atoms with Crippen LogP contribution in [-0.4, -0.2) is 18.7 Å². The van der Waals surface area contributed by atoms with Gasteiger partial charge in [0.1, 0.15) is 5.54 Å². The Kier molecular flexibility index (Phi) is 7.16. The van der Waals surface area contributed by atoms with Crippen LogP contribution in [-0.2, 0) is 5.54 Å². The fourth-order valence-corrected chi connectivity index (χ4v) is 10.4. The Morgan fingerprint density at radius 2 is 0.820 bits per heavy atom. The van der Waals surface area contributed by atoms with Gasteiger partial charge in [-0.2, -0.15) is 0 Å².